The molecule has 1 unspecified atom stereocenters. The van der Waals surface area contributed by atoms with E-state index < -0.39 is 0 Å². The van der Waals surface area contributed by atoms with Gasteiger partial charge in [0.05, 0.1) is 18.0 Å². The minimum absolute atomic E-state index is 0.142. The van der Waals surface area contributed by atoms with Crippen molar-refractivity contribution in [2.24, 2.45) is 5.41 Å². The summed E-state index contributed by atoms with van der Waals surface area (Å²) in [6.45, 7) is 4.46. The lowest BCUT2D eigenvalue weighted by Gasteiger charge is -2.49. The Labute approximate surface area is 163 Å². The highest BCUT2D eigenvalue weighted by molar-refractivity contribution is 5.77. The smallest absolute Gasteiger partial charge is 0.181 e. The predicted molar refractivity (Wildman–Crippen MR) is 106 cm³/mol. The zero-order valence-electron chi connectivity index (χ0n) is 15.8. The number of aromatic amines is 1. The van der Waals surface area contributed by atoms with Gasteiger partial charge in [-0.3, -0.25) is 15.0 Å². The van der Waals surface area contributed by atoms with Crippen LogP contribution in [-0.4, -0.2) is 67.4 Å². The van der Waals surface area contributed by atoms with Gasteiger partial charge in [0.1, 0.15) is 5.82 Å². The predicted octanol–water partition coefficient (Wildman–Crippen LogP) is 1.60. The molecule has 2 fully saturated rings. The molecular weight excluding hydrogens is 354 g/mol. The maximum atomic E-state index is 10.5. The third-order valence-electron chi connectivity index (χ3n) is 6.21. The average Bonchev–Trinajstić information content (AvgIpc) is 3.13. The van der Waals surface area contributed by atoms with E-state index in [1.165, 1.54) is 0 Å². The lowest BCUT2D eigenvalue weighted by atomic mass is 9.71. The highest BCUT2D eigenvalue weighted by Crippen LogP contribution is 2.41. The molecule has 0 radical (unpaired) electrons. The Hall–Kier alpha value is -2.58. The number of aliphatic hydroxyl groups excluding tert-OH is 1. The molecule has 0 bridgehead atoms. The number of hydrogen-bond acceptors (Lipinski definition) is 7. The van der Waals surface area contributed by atoms with Gasteiger partial charge in [0.2, 0.25) is 0 Å². The summed E-state index contributed by atoms with van der Waals surface area (Å²) in [5.74, 6) is 0.861. The van der Waals surface area contributed by atoms with Crippen molar-refractivity contribution in [2.45, 2.75) is 31.9 Å². The van der Waals surface area contributed by atoms with E-state index in [9.17, 15) is 5.11 Å². The number of β-amino-alcohol motifs (C(OH)–C–C–N with tert-alkyl or cyclic N) is 1. The summed E-state index contributed by atoms with van der Waals surface area (Å²) < 4.78 is 0. The number of pyridine rings is 1. The van der Waals surface area contributed by atoms with E-state index in [1.807, 2.05) is 6.07 Å². The maximum absolute atomic E-state index is 10.5. The van der Waals surface area contributed by atoms with Gasteiger partial charge in [-0.1, -0.05) is 0 Å². The van der Waals surface area contributed by atoms with Crippen LogP contribution in [0.1, 0.15) is 25.0 Å². The van der Waals surface area contributed by atoms with Gasteiger partial charge < -0.3 is 10.0 Å². The van der Waals surface area contributed by atoms with Gasteiger partial charge in [-0.25, -0.2) is 9.97 Å². The van der Waals surface area contributed by atoms with Gasteiger partial charge in [-0.15, -0.1) is 0 Å². The van der Waals surface area contributed by atoms with Gasteiger partial charge in [0, 0.05) is 43.6 Å². The van der Waals surface area contributed by atoms with Crippen LogP contribution in [-0.2, 0) is 6.54 Å². The summed E-state index contributed by atoms with van der Waals surface area (Å²) >= 11 is 0. The molecular formula is C20H25N7O. The first-order valence-corrected chi connectivity index (χ1v) is 9.90. The minimum Gasteiger partial charge on any atom is -0.391 e. The molecule has 0 aromatic carbocycles. The van der Waals surface area contributed by atoms with Crippen LogP contribution in [0.15, 0.2) is 36.9 Å². The quantitative estimate of drug-likeness (QED) is 0.714. The summed E-state index contributed by atoms with van der Waals surface area (Å²) in [4.78, 5) is 17.6. The van der Waals surface area contributed by atoms with Crippen LogP contribution < -0.4 is 4.90 Å². The Bertz CT molecular complexity index is 936. The van der Waals surface area contributed by atoms with Gasteiger partial charge >= 0.3 is 0 Å². The average molecular weight is 379 g/mol. The number of anilines is 1. The second-order valence-corrected chi connectivity index (χ2v) is 8.15. The van der Waals surface area contributed by atoms with E-state index in [4.69, 9.17) is 0 Å². The first kappa shape index (κ1) is 17.5. The molecule has 2 aliphatic rings. The van der Waals surface area contributed by atoms with Crippen LogP contribution in [0, 0.1) is 5.41 Å². The van der Waals surface area contributed by atoms with Crippen molar-refractivity contribution in [3.05, 3.63) is 42.6 Å². The second-order valence-electron chi connectivity index (χ2n) is 8.15. The molecule has 2 saturated heterocycles. The van der Waals surface area contributed by atoms with E-state index in [1.54, 1.807) is 24.8 Å². The molecule has 146 valence electrons. The molecule has 0 aliphatic carbocycles. The maximum Gasteiger partial charge on any atom is 0.181 e. The zero-order valence-corrected chi connectivity index (χ0v) is 15.8. The standard InChI is InChI=1S/C20H25N7O/c28-15-10-20(14-27(12-15)18-11-21-6-7-22-18)3-8-26(9-4-20)13-17-16-2-1-5-23-19(16)25-24-17/h1-2,5-7,11,15,28H,3-4,8-10,12-14H2,(H,23,24,25). The number of piperidine rings is 2. The van der Waals surface area contributed by atoms with Crippen molar-refractivity contribution >= 4 is 16.9 Å². The molecule has 1 spiro atoms. The van der Waals surface area contributed by atoms with Crippen molar-refractivity contribution in [3.8, 4) is 0 Å². The molecule has 28 heavy (non-hydrogen) atoms. The summed E-state index contributed by atoms with van der Waals surface area (Å²) in [6.07, 6.45) is 9.67. The van der Waals surface area contributed by atoms with Crippen LogP contribution in [0.25, 0.3) is 11.0 Å². The second kappa shape index (κ2) is 7.10. The van der Waals surface area contributed by atoms with Crippen molar-refractivity contribution < 1.29 is 5.11 Å². The molecule has 5 rings (SSSR count). The van der Waals surface area contributed by atoms with Crippen LogP contribution in [0.5, 0.6) is 0 Å². The molecule has 2 N–H and O–H groups in total. The summed E-state index contributed by atoms with van der Waals surface area (Å²) in [6, 6.07) is 4.03. The Morgan fingerprint density at radius 2 is 2.07 bits per heavy atom. The minimum atomic E-state index is -0.315. The lowest BCUT2D eigenvalue weighted by Crippen LogP contribution is -2.54. The number of H-pyrrole nitrogens is 1. The van der Waals surface area contributed by atoms with E-state index in [0.717, 1.165) is 68.0 Å². The number of nitrogens with zero attached hydrogens (tertiary/aromatic N) is 6. The molecule has 3 aromatic heterocycles. The van der Waals surface area contributed by atoms with Gasteiger partial charge in [0.15, 0.2) is 5.65 Å². The van der Waals surface area contributed by atoms with E-state index >= 15 is 0 Å². The SMILES string of the molecule is OC1CN(c2cnccn2)CC2(CCN(Cc3[nH]nc4ncccc34)CC2)C1. The number of rotatable bonds is 3. The number of fused-ring (bicyclic) bond motifs is 1. The Morgan fingerprint density at radius 3 is 2.89 bits per heavy atom. The molecule has 5 heterocycles. The number of aliphatic hydroxyl groups is 1. The summed E-state index contributed by atoms with van der Waals surface area (Å²) in [5, 5.41) is 19.1. The Balaban J connectivity index is 1.26. The highest BCUT2D eigenvalue weighted by atomic mass is 16.3. The van der Waals surface area contributed by atoms with Gasteiger partial charge in [-0.2, -0.15) is 5.10 Å². The monoisotopic (exact) mass is 379 g/mol. The Morgan fingerprint density at radius 1 is 1.18 bits per heavy atom. The van der Waals surface area contributed by atoms with Crippen LogP contribution in [0.4, 0.5) is 5.82 Å². The third-order valence-corrected chi connectivity index (χ3v) is 6.21. The molecule has 8 nitrogen and oxygen atoms in total. The number of likely N-dealkylation sites (tertiary alicyclic amines) is 1. The van der Waals surface area contributed by atoms with Crippen LogP contribution in [0.3, 0.4) is 0 Å². The molecule has 1 atom stereocenters. The topological polar surface area (TPSA) is 94.1 Å². The number of nitrogens with one attached hydrogen (secondary N) is 1. The van der Waals surface area contributed by atoms with E-state index in [-0.39, 0.29) is 11.5 Å². The molecule has 0 amide bonds. The van der Waals surface area contributed by atoms with E-state index in [0.29, 0.717) is 6.54 Å². The van der Waals surface area contributed by atoms with Crippen molar-refractivity contribution in [1.29, 1.82) is 0 Å². The molecule has 3 aromatic rings. The normalized spacial score (nSPS) is 22.8. The first-order valence-electron chi connectivity index (χ1n) is 9.90. The Kier molecular flexibility index (Phi) is 4.44. The fourth-order valence-electron chi connectivity index (χ4n) is 4.78. The molecule has 2 aliphatic heterocycles. The van der Waals surface area contributed by atoms with Gasteiger partial charge in [0.25, 0.3) is 0 Å². The number of aromatic nitrogens is 5. The zero-order chi connectivity index (χ0) is 19.0. The number of hydrogen-bond donors (Lipinski definition) is 2. The lowest BCUT2D eigenvalue weighted by molar-refractivity contribution is 0.0242. The van der Waals surface area contributed by atoms with E-state index in [2.05, 4.69) is 41.0 Å². The third kappa shape index (κ3) is 3.33. The summed E-state index contributed by atoms with van der Waals surface area (Å²) in [7, 11) is 0. The van der Waals surface area contributed by atoms with Crippen molar-refractivity contribution in [3.63, 3.8) is 0 Å². The fourth-order valence-corrected chi connectivity index (χ4v) is 4.78. The van der Waals surface area contributed by atoms with Crippen LogP contribution in [0.2, 0.25) is 0 Å². The molecule has 8 heteroatoms. The molecule has 0 saturated carbocycles. The fraction of sp³-hybridized carbons (Fsp3) is 0.500. The van der Waals surface area contributed by atoms with Crippen molar-refractivity contribution in [2.75, 3.05) is 31.1 Å². The van der Waals surface area contributed by atoms with Gasteiger partial charge in [-0.05, 0) is 49.9 Å². The summed E-state index contributed by atoms with van der Waals surface area (Å²) in [5.41, 5.74) is 2.05. The highest BCUT2D eigenvalue weighted by Gasteiger charge is 2.42. The largest absolute Gasteiger partial charge is 0.391 e. The van der Waals surface area contributed by atoms with Crippen LogP contribution >= 0.6 is 0 Å². The van der Waals surface area contributed by atoms with Crippen molar-refractivity contribution in [1.82, 2.24) is 30.0 Å². The first-order chi connectivity index (χ1) is 13.7.